The molecule has 0 saturated heterocycles. The van der Waals surface area contributed by atoms with Crippen LogP contribution in [-0.2, 0) is 12.8 Å². The second kappa shape index (κ2) is 7.15. The van der Waals surface area contributed by atoms with Crippen LogP contribution < -0.4 is 16.0 Å². The molecule has 0 amide bonds. The van der Waals surface area contributed by atoms with Gasteiger partial charge in [0.1, 0.15) is 17.4 Å². The maximum absolute atomic E-state index is 13.7. The molecule has 2 rings (SSSR count). The van der Waals surface area contributed by atoms with Gasteiger partial charge in [-0.15, -0.1) is 0 Å². The zero-order valence-corrected chi connectivity index (χ0v) is 11.8. The predicted molar refractivity (Wildman–Crippen MR) is 77.9 cm³/mol. The molecule has 0 spiro atoms. The summed E-state index contributed by atoms with van der Waals surface area (Å²) >= 11 is 0. The number of rotatable bonds is 6. The van der Waals surface area contributed by atoms with E-state index < -0.39 is 11.6 Å². The lowest BCUT2D eigenvalue weighted by Gasteiger charge is -2.16. The van der Waals surface area contributed by atoms with Crippen molar-refractivity contribution in [3.05, 3.63) is 65.2 Å². The van der Waals surface area contributed by atoms with Crippen molar-refractivity contribution in [1.82, 2.24) is 5.43 Å². The summed E-state index contributed by atoms with van der Waals surface area (Å²) in [4.78, 5) is 0. The highest BCUT2D eigenvalue weighted by Crippen LogP contribution is 2.16. The molecule has 0 aliphatic rings. The van der Waals surface area contributed by atoms with E-state index in [0.717, 1.165) is 17.4 Å². The van der Waals surface area contributed by atoms with Crippen molar-refractivity contribution in [1.29, 1.82) is 0 Å². The van der Waals surface area contributed by atoms with E-state index >= 15 is 0 Å². The molecule has 2 aromatic rings. The highest BCUT2D eigenvalue weighted by molar-refractivity contribution is 5.28. The molecule has 0 heterocycles. The number of hydrazine groups is 1. The molecule has 21 heavy (non-hydrogen) atoms. The smallest absolute Gasteiger partial charge is 0.129 e. The van der Waals surface area contributed by atoms with Gasteiger partial charge in [0.15, 0.2) is 0 Å². The minimum Gasteiger partial charge on any atom is -0.497 e. The largest absolute Gasteiger partial charge is 0.497 e. The normalized spacial score (nSPS) is 12.2. The minimum atomic E-state index is -0.580. The average molecular weight is 292 g/mol. The first kappa shape index (κ1) is 15.4. The van der Waals surface area contributed by atoms with E-state index in [1.807, 2.05) is 24.3 Å². The molecule has 0 aliphatic heterocycles. The Hall–Kier alpha value is -1.98. The molecule has 1 unspecified atom stereocenters. The summed E-state index contributed by atoms with van der Waals surface area (Å²) < 4.78 is 31.7. The molecule has 2 aromatic carbocycles. The molecule has 3 nitrogen and oxygen atoms in total. The molecule has 0 saturated carbocycles. The van der Waals surface area contributed by atoms with Crippen LogP contribution in [0.25, 0.3) is 0 Å². The van der Waals surface area contributed by atoms with Crippen LogP contribution in [-0.4, -0.2) is 13.2 Å². The van der Waals surface area contributed by atoms with E-state index in [-0.39, 0.29) is 6.04 Å². The number of methoxy groups -OCH3 is 1. The molecular weight excluding hydrogens is 274 g/mol. The van der Waals surface area contributed by atoms with E-state index in [1.165, 1.54) is 12.1 Å². The van der Waals surface area contributed by atoms with Gasteiger partial charge in [-0.1, -0.05) is 18.2 Å². The predicted octanol–water partition coefficient (Wildman–Crippen LogP) is 2.59. The second-order valence-electron chi connectivity index (χ2n) is 4.86. The summed E-state index contributed by atoms with van der Waals surface area (Å²) in [6, 6.07) is 11.0. The lowest BCUT2D eigenvalue weighted by molar-refractivity contribution is 0.414. The van der Waals surface area contributed by atoms with Crippen LogP contribution in [0.5, 0.6) is 5.75 Å². The van der Waals surface area contributed by atoms with Gasteiger partial charge >= 0.3 is 0 Å². The lowest BCUT2D eigenvalue weighted by atomic mass is 9.99. The van der Waals surface area contributed by atoms with Crippen LogP contribution >= 0.6 is 0 Å². The van der Waals surface area contributed by atoms with Gasteiger partial charge in [-0.25, -0.2) is 8.78 Å². The van der Waals surface area contributed by atoms with Crippen LogP contribution in [0.4, 0.5) is 8.78 Å². The summed E-state index contributed by atoms with van der Waals surface area (Å²) in [6.45, 7) is 0. The van der Waals surface area contributed by atoms with Crippen LogP contribution in [0.2, 0.25) is 0 Å². The molecular formula is C16H18F2N2O. The molecule has 0 fully saturated rings. The fourth-order valence-corrected chi connectivity index (χ4v) is 2.19. The average Bonchev–Trinajstić information content (AvgIpc) is 2.49. The van der Waals surface area contributed by atoms with Gasteiger partial charge in [-0.05, 0) is 42.2 Å². The van der Waals surface area contributed by atoms with Crippen LogP contribution in [0.3, 0.4) is 0 Å². The van der Waals surface area contributed by atoms with Gasteiger partial charge < -0.3 is 4.74 Å². The Kier molecular flexibility index (Phi) is 5.25. The van der Waals surface area contributed by atoms with Gasteiger partial charge in [0.25, 0.3) is 0 Å². The van der Waals surface area contributed by atoms with Gasteiger partial charge in [0, 0.05) is 12.1 Å². The Morgan fingerprint density at radius 1 is 1.10 bits per heavy atom. The van der Waals surface area contributed by atoms with Crippen molar-refractivity contribution in [2.24, 2.45) is 5.84 Å². The molecule has 0 bridgehead atoms. The summed E-state index contributed by atoms with van der Waals surface area (Å²) in [5, 5.41) is 0. The van der Waals surface area contributed by atoms with Crippen LogP contribution in [0.15, 0.2) is 42.5 Å². The standard InChI is InChI=1S/C16H18F2N2O/c1-21-15-6-2-11(3-7-15)8-14(20-19)9-12-4-5-13(17)10-16(12)18/h2-7,10,14,20H,8-9,19H2,1H3. The molecule has 1 atom stereocenters. The van der Waals surface area contributed by atoms with Crippen LogP contribution in [0, 0.1) is 11.6 Å². The first-order chi connectivity index (χ1) is 10.1. The molecule has 0 radical (unpaired) electrons. The zero-order valence-electron chi connectivity index (χ0n) is 11.8. The van der Waals surface area contributed by atoms with Gasteiger partial charge in [0.2, 0.25) is 0 Å². The first-order valence-electron chi connectivity index (χ1n) is 6.65. The Balaban J connectivity index is 2.05. The topological polar surface area (TPSA) is 47.3 Å². The van der Waals surface area contributed by atoms with Gasteiger partial charge in [0.05, 0.1) is 7.11 Å². The molecule has 5 heteroatoms. The quantitative estimate of drug-likeness (QED) is 0.635. The van der Waals surface area contributed by atoms with Crippen molar-refractivity contribution in [2.45, 2.75) is 18.9 Å². The minimum absolute atomic E-state index is 0.140. The monoisotopic (exact) mass is 292 g/mol. The summed E-state index contributed by atoms with van der Waals surface area (Å²) in [5.41, 5.74) is 4.17. The number of hydrogen-bond acceptors (Lipinski definition) is 3. The highest BCUT2D eigenvalue weighted by atomic mass is 19.1. The fourth-order valence-electron chi connectivity index (χ4n) is 2.19. The molecule has 112 valence electrons. The van der Waals surface area contributed by atoms with Crippen LogP contribution in [0.1, 0.15) is 11.1 Å². The summed E-state index contributed by atoms with van der Waals surface area (Å²) in [5.74, 6) is 5.18. The van der Waals surface area contributed by atoms with E-state index in [4.69, 9.17) is 10.6 Å². The van der Waals surface area contributed by atoms with E-state index in [0.29, 0.717) is 18.4 Å². The Morgan fingerprint density at radius 3 is 2.38 bits per heavy atom. The van der Waals surface area contributed by atoms with Crippen molar-refractivity contribution >= 4 is 0 Å². The number of ether oxygens (including phenoxy) is 1. The van der Waals surface area contributed by atoms with Crippen molar-refractivity contribution < 1.29 is 13.5 Å². The number of benzene rings is 2. The Bertz CT molecular complexity index is 587. The number of nitrogens with one attached hydrogen (secondary N) is 1. The summed E-state index contributed by atoms with van der Waals surface area (Å²) in [6.07, 6.45) is 1.02. The third-order valence-electron chi connectivity index (χ3n) is 3.36. The van der Waals surface area contributed by atoms with Crippen molar-refractivity contribution in [2.75, 3.05) is 7.11 Å². The third-order valence-corrected chi connectivity index (χ3v) is 3.36. The maximum atomic E-state index is 13.7. The van der Waals surface area contributed by atoms with Gasteiger partial charge in [-0.2, -0.15) is 0 Å². The number of nitrogens with two attached hydrogens (primary N) is 1. The van der Waals surface area contributed by atoms with Crippen molar-refractivity contribution in [3.63, 3.8) is 0 Å². The molecule has 0 aromatic heterocycles. The molecule has 0 aliphatic carbocycles. The Morgan fingerprint density at radius 2 is 1.81 bits per heavy atom. The first-order valence-corrected chi connectivity index (χ1v) is 6.65. The SMILES string of the molecule is COc1ccc(CC(Cc2ccc(F)cc2F)NN)cc1. The summed E-state index contributed by atoms with van der Waals surface area (Å²) in [7, 11) is 1.61. The zero-order chi connectivity index (χ0) is 15.2. The highest BCUT2D eigenvalue weighted by Gasteiger charge is 2.12. The third kappa shape index (κ3) is 4.24. The van der Waals surface area contributed by atoms with E-state index in [1.54, 1.807) is 7.11 Å². The number of halogens is 2. The fraction of sp³-hybridized carbons (Fsp3) is 0.250. The Labute approximate surface area is 122 Å². The van der Waals surface area contributed by atoms with E-state index in [9.17, 15) is 8.78 Å². The van der Waals surface area contributed by atoms with Crippen molar-refractivity contribution in [3.8, 4) is 5.75 Å². The van der Waals surface area contributed by atoms with Gasteiger partial charge in [-0.3, -0.25) is 11.3 Å². The lowest BCUT2D eigenvalue weighted by Crippen LogP contribution is -2.38. The molecule has 3 N–H and O–H groups in total. The van der Waals surface area contributed by atoms with E-state index in [2.05, 4.69) is 5.43 Å². The second-order valence-corrected chi connectivity index (χ2v) is 4.86. The maximum Gasteiger partial charge on any atom is 0.129 e. The number of hydrogen-bond donors (Lipinski definition) is 2.